The first-order valence-corrected chi connectivity index (χ1v) is 4.59. The van der Waals surface area contributed by atoms with Crippen LogP contribution in [0.1, 0.15) is 26.7 Å². The maximum absolute atomic E-state index is 9.08. The van der Waals surface area contributed by atoms with Crippen LogP contribution in [0.2, 0.25) is 0 Å². The molecule has 0 radical (unpaired) electrons. The van der Waals surface area contributed by atoms with Gasteiger partial charge in [0.1, 0.15) is 0 Å². The van der Waals surface area contributed by atoms with Crippen LogP contribution in [0.15, 0.2) is 0 Å². The van der Waals surface area contributed by atoms with E-state index < -0.39 is 5.79 Å². The molecule has 2 aliphatic heterocycles. The molecular weight excluding hydrogens is 156 g/mol. The third-order valence-corrected chi connectivity index (χ3v) is 2.81. The molecular formula is C9H16O3. The summed E-state index contributed by atoms with van der Waals surface area (Å²) in [6.45, 7) is 4.25. The Balaban J connectivity index is 2.12. The molecule has 0 amide bonds. The van der Waals surface area contributed by atoms with Gasteiger partial charge in [-0.3, -0.25) is 0 Å². The van der Waals surface area contributed by atoms with Crippen molar-refractivity contribution in [2.75, 3.05) is 6.61 Å². The first-order valence-electron chi connectivity index (χ1n) is 4.59. The second kappa shape index (κ2) is 2.69. The number of hydrogen-bond donors (Lipinski definition) is 1. The van der Waals surface area contributed by atoms with Crippen molar-refractivity contribution in [3.05, 3.63) is 0 Å². The molecule has 4 atom stereocenters. The van der Waals surface area contributed by atoms with Gasteiger partial charge in [0.25, 0.3) is 0 Å². The van der Waals surface area contributed by atoms with Gasteiger partial charge in [0.2, 0.25) is 0 Å². The van der Waals surface area contributed by atoms with Gasteiger partial charge in [-0.2, -0.15) is 0 Å². The molecule has 70 valence electrons. The number of aliphatic hydroxyl groups is 1. The fraction of sp³-hybridized carbons (Fsp3) is 1.00. The molecule has 0 aromatic heterocycles. The van der Waals surface area contributed by atoms with Crippen LogP contribution >= 0.6 is 0 Å². The Kier molecular flexibility index (Phi) is 1.90. The Hall–Kier alpha value is -0.120. The molecule has 0 aromatic carbocycles. The summed E-state index contributed by atoms with van der Waals surface area (Å²) in [5.74, 6) is -0.143. The fourth-order valence-corrected chi connectivity index (χ4v) is 2.37. The van der Waals surface area contributed by atoms with E-state index in [-0.39, 0.29) is 24.7 Å². The van der Waals surface area contributed by atoms with E-state index in [1.807, 2.05) is 6.92 Å². The van der Waals surface area contributed by atoms with Crippen LogP contribution in [0.3, 0.4) is 0 Å². The predicted molar refractivity (Wildman–Crippen MR) is 43.6 cm³/mol. The summed E-state index contributed by atoms with van der Waals surface area (Å²) in [7, 11) is 0. The van der Waals surface area contributed by atoms with Crippen LogP contribution < -0.4 is 0 Å². The molecule has 0 unspecified atom stereocenters. The number of rotatable bonds is 1. The fourth-order valence-electron chi connectivity index (χ4n) is 2.37. The van der Waals surface area contributed by atoms with Crippen molar-refractivity contribution in [2.24, 2.45) is 5.92 Å². The molecule has 2 fully saturated rings. The zero-order valence-electron chi connectivity index (χ0n) is 7.62. The van der Waals surface area contributed by atoms with Crippen molar-refractivity contribution in [1.82, 2.24) is 0 Å². The topological polar surface area (TPSA) is 38.7 Å². The lowest BCUT2D eigenvalue weighted by atomic mass is 9.98. The first-order chi connectivity index (χ1) is 5.63. The van der Waals surface area contributed by atoms with Crippen LogP contribution in [0.4, 0.5) is 0 Å². The van der Waals surface area contributed by atoms with Gasteiger partial charge in [-0.1, -0.05) is 0 Å². The van der Waals surface area contributed by atoms with E-state index in [1.54, 1.807) is 0 Å². The largest absolute Gasteiger partial charge is 0.396 e. The molecule has 2 aliphatic rings. The van der Waals surface area contributed by atoms with E-state index in [4.69, 9.17) is 14.6 Å². The normalized spacial score (nSPS) is 52.8. The van der Waals surface area contributed by atoms with Crippen LogP contribution in [0, 0.1) is 5.92 Å². The van der Waals surface area contributed by atoms with Gasteiger partial charge < -0.3 is 14.6 Å². The summed E-state index contributed by atoms with van der Waals surface area (Å²) < 4.78 is 11.3. The van der Waals surface area contributed by atoms with Crippen LogP contribution in [-0.4, -0.2) is 29.7 Å². The van der Waals surface area contributed by atoms with Crippen molar-refractivity contribution in [2.45, 2.75) is 44.7 Å². The zero-order valence-corrected chi connectivity index (χ0v) is 7.62. The van der Waals surface area contributed by atoms with Gasteiger partial charge >= 0.3 is 0 Å². The Morgan fingerprint density at radius 1 is 1.50 bits per heavy atom. The Bertz CT molecular complexity index is 183. The SMILES string of the molecule is C[C@H]1C[C@@H]2O[C@@](C)(C[C@H]2CO)O1. The summed E-state index contributed by atoms with van der Waals surface area (Å²) in [5.41, 5.74) is 0. The third-order valence-electron chi connectivity index (χ3n) is 2.81. The summed E-state index contributed by atoms with van der Waals surface area (Å²) in [5, 5.41) is 9.08. The summed E-state index contributed by atoms with van der Waals surface area (Å²) in [6.07, 6.45) is 2.23. The average molecular weight is 172 g/mol. The van der Waals surface area contributed by atoms with Crippen molar-refractivity contribution in [1.29, 1.82) is 0 Å². The lowest BCUT2D eigenvalue weighted by Crippen LogP contribution is -2.39. The zero-order chi connectivity index (χ0) is 8.77. The second-order valence-electron chi connectivity index (χ2n) is 4.10. The summed E-state index contributed by atoms with van der Waals surface area (Å²) in [4.78, 5) is 0. The van der Waals surface area contributed by atoms with E-state index in [0.717, 1.165) is 12.8 Å². The molecule has 2 bridgehead atoms. The number of hydrogen-bond acceptors (Lipinski definition) is 3. The van der Waals surface area contributed by atoms with Gasteiger partial charge in [0, 0.05) is 25.4 Å². The number of ether oxygens (including phenoxy) is 2. The lowest BCUT2D eigenvalue weighted by molar-refractivity contribution is -0.273. The van der Waals surface area contributed by atoms with Crippen molar-refractivity contribution >= 4 is 0 Å². The first kappa shape index (κ1) is 8.48. The van der Waals surface area contributed by atoms with E-state index in [0.29, 0.717) is 0 Å². The smallest absolute Gasteiger partial charge is 0.166 e. The molecule has 3 nitrogen and oxygen atoms in total. The van der Waals surface area contributed by atoms with E-state index in [9.17, 15) is 0 Å². The highest BCUT2D eigenvalue weighted by Crippen LogP contribution is 2.42. The minimum absolute atomic E-state index is 0.212. The standard InChI is InChI=1S/C9H16O3/c1-6-3-8-7(5-10)4-9(2,11-6)12-8/h6-8,10H,3-5H2,1-2H3/t6-,7-,8-,9-/m0/s1. The maximum Gasteiger partial charge on any atom is 0.166 e. The summed E-state index contributed by atoms with van der Waals surface area (Å²) >= 11 is 0. The molecule has 3 heteroatoms. The van der Waals surface area contributed by atoms with Crippen molar-refractivity contribution < 1.29 is 14.6 Å². The van der Waals surface area contributed by atoms with Crippen LogP contribution in [-0.2, 0) is 9.47 Å². The van der Waals surface area contributed by atoms with Gasteiger partial charge in [-0.25, -0.2) is 0 Å². The van der Waals surface area contributed by atoms with Crippen LogP contribution in [0.5, 0.6) is 0 Å². The number of fused-ring (bicyclic) bond motifs is 2. The molecule has 12 heavy (non-hydrogen) atoms. The highest BCUT2D eigenvalue weighted by molar-refractivity contribution is 4.90. The van der Waals surface area contributed by atoms with E-state index >= 15 is 0 Å². The minimum Gasteiger partial charge on any atom is -0.396 e. The lowest BCUT2D eigenvalue weighted by Gasteiger charge is -2.34. The van der Waals surface area contributed by atoms with Gasteiger partial charge in [-0.15, -0.1) is 0 Å². The molecule has 0 aliphatic carbocycles. The van der Waals surface area contributed by atoms with E-state index in [1.165, 1.54) is 0 Å². The second-order valence-corrected chi connectivity index (χ2v) is 4.10. The molecule has 0 aromatic rings. The highest BCUT2D eigenvalue weighted by Gasteiger charge is 2.48. The Labute approximate surface area is 72.7 Å². The monoisotopic (exact) mass is 172 g/mol. The van der Waals surface area contributed by atoms with Gasteiger partial charge in [0.15, 0.2) is 5.79 Å². The molecule has 1 N–H and O–H groups in total. The quantitative estimate of drug-likeness (QED) is 0.639. The van der Waals surface area contributed by atoms with E-state index in [2.05, 4.69) is 6.92 Å². The van der Waals surface area contributed by atoms with Crippen LogP contribution in [0.25, 0.3) is 0 Å². The number of aliphatic hydroxyl groups excluding tert-OH is 1. The summed E-state index contributed by atoms with van der Waals surface area (Å²) in [6, 6.07) is 0. The van der Waals surface area contributed by atoms with Crippen molar-refractivity contribution in [3.8, 4) is 0 Å². The highest BCUT2D eigenvalue weighted by atomic mass is 16.7. The van der Waals surface area contributed by atoms with Gasteiger partial charge in [-0.05, 0) is 13.8 Å². The molecule has 0 saturated carbocycles. The third kappa shape index (κ3) is 1.26. The molecule has 2 rings (SSSR count). The average Bonchev–Trinajstić information content (AvgIpc) is 2.20. The Morgan fingerprint density at radius 3 is 2.92 bits per heavy atom. The maximum atomic E-state index is 9.08. The van der Waals surface area contributed by atoms with Gasteiger partial charge in [0.05, 0.1) is 12.2 Å². The molecule has 2 heterocycles. The predicted octanol–water partition coefficient (Wildman–Crippen LogP) is 0.909. The molecule has 0 spiro atoms. The molecule has 2 saturated heterocycles. The Morgan fingerprint density at radius 2 is 2.25 bits per heavy atom. The minimum atomic E-state index is -0.421. The van der Waals surface area contributed by atoms with Crippen molar-refractivity contribution in [3.63, 3.8) is 0 Å².